The number of hydrogen-bond donors (Lipinski definition) is 1. The SMILES string of the molecule is COC[C@H](C)N1C[C@@H](C(=O)Nc2ccc(F)cc2)CC1=O. The van der Waals surface area contributed by atoms with E-state index in [-0.39, 0.29) is 36.0 Å². The fourth-order valence-corrected chi connectivity index (χ4v) is 2.44. The second-order valence-corrected chi connectivity index (χ2v) is 5.25. The molecule has 1 aromatic rings. The largest absolute Gasteiger partial charge is 0.383 e. The molecule has 0 aliphatic carbocycles. The molecule has 1 heterocycles. The van der Waals surface area contributed by atoms with Crippen LogP contribution in [0.2, 0.25) is 0 Å². The van der Waals surface area contributed by atoms with Crippen LogP contribution >= 0.6 is 0 Å². The topological polar surface area (TPSA) is 58.6 Å². The van der Waals surface area contributed by atoms with Crippen molar-refractivity contribution in [3.8, 4) is 0 Å². The molecule has 6 heteroatoms. The quantitative estimate of drug-likeness (QED) is 0.898. The Morgan fingerprint density at radius 2 is 2.14 bits per heavy atom. The van der Waals surface area contributed by atoms with Crippen LogP contribution in [0.3, 0.4) is 0 Å². The van der Waals surface area contributed by atoms with E-state index in [0.717, 1.165) is 0 Å². The molecule has 0 spiro atoms. The van der Waals surface area contributed by atoms with Gasteiger partial charge in [0.25, 0.3) is 0 Å². The van der Waals surface area contributed by atoms with Crippen LogP contribution in [0.15, 0.2) is 24.3 Å². The van der Waals surface area contributed by atoms with Crippen molar-refractivity contribution in [2.45, 2.75) is 19.4 Å². The van der Waals surface area contributed by atoms with Crippen LogP contribution in [0.4, 0.5) is 10.1 Å². The molecule has 2 amide bonds. The standard InChI is InChI=1S/C15H19FN2O3/c1-10(9-21-2)18-8-11(7-14(18)19)15(20)17-13-5-3-12(16)4-6-13/h3-6,10-11H,7-9H2,1-2H3,(H,17,20)/t10-,11-/m0/s1. The molecule has 1 aromatic carbocycles. The number of likely N-dealkylation sites (tertiary alicyclic amines) is 1. The molecule has 0 bridgehead atoms. The van der Waals surface area contributed by atoms with E-state index in [4.69, 9.17) is 4.74 Å². The van der Waals surface area contributed by atoms with Gasteiger partial charge in [-0.05, 0) is 31.2 Å². The molecule has 0 saturated carbocycles. The Bertz CT molecular complexity index is 518. The van der Waals surface area contributed by atoms with Gasteiger partial charge in [0, 0.05) is 25.8 Å². The number of halogens is 1. The first kappa shape index (κ1) is 15.4. The molecular formula is C15H19FN2O3. The summed E-state index contributed by atoms with van der Waals surface area (Å²) in [6.07, 6.45) is 0.196. The summed E-state index contributed by atoms with van der Waals surface area (Å²) in [5, 5.41) is 2.71. The third-order valence-corrected chi connectivity index (χ3v) is 3.58. The van der Waals surface area contributed by atoms with E-state index in [1.54, 1.807) is 12.0 Å². The number of benzene rings is 1. The molecule has 0 radical (unpaired) electrons. The van der Waals surface area contributed by atoms with E-state index in [1.807, 2.05) is 6.92 Å². The van der Waals surface area contributed by atoms with E-state index in [2.05, 4.69) is 5.32 Å². The molecule has 0 unspecified atom stereocenters. The van der Waals surface area contributed by atoms with Crippen molar-refractivity contribution < 1.29 is 18.7 Å². The minimum absolute atomic E-state index is 0.0428. The Labute approximate surface area is 123 Å². The Morgan fingerprint density at radius 3 is 2.76 bits per heavy atom. The van der Waals surface area contributed by atoms with E-state index in [0.29, 0.717) is 18.8 Å². The number of nitrogens with one attached hydrogen (secondary N) is 1. The summed E-state index contributed by atoms with van der Waals surface area (Å²) in [6.45, 7) is 2.72. The number of carbonyl (C=O) groups is 2. The van der Waals surface area contributed by atoms with Crippen molar-refractivity contribution in [3.63, 3.8) is 0 Å². The van der Waals surface area contributed by atoms with Gasteiger partial charge in [-0.1, -0.05) is 0 Å². The zero-order valence-corrected chi connectivity index (χ0v) is 12.1. The maximum atomic E-state index is 12.8. The fourth-order valence-electron chi connectivity index (χ4n) is 2.44. The van der Waals surface area contributed by atoms with Gasteiger partial charge in [-0.3, -0.25) is 9.59 Å². The Balaban J connectivity index is 1.95. The van der Waals surface area contributed by atoms with Crippen molar-refractivity contribution in [1.29, 1.82) is 0 Å². The summed E-state index contributed by atoms with van der Waals surface area (Å²) in [5.41, 5.74) is 0.525. The Hall–Kier alpha value is -1.95. The van der Waals surface area contributed by atoms with Crippen molar-refractivity contribution in [3.05, 3.63) is 30.1 Å². The van der Waals surface area contributed by atoms with E-state index < -0.39 is 0 Å². The molecule has 1 fully saturated rings. The van der Waals surface area contributed by atoms with Crippen molar-refractivity contribution >= 4 is 17.5 Å². The predicted octanol–water partition coefficient (Wildman–Crippen LogP) is 1.65. The molecule has 0 aromatic heterocycles. The molecule has 1 aliphatic heterocycles. The van der Waals surface area contributed by atoms with Crippen molar-refractivity contribution in [1.82, 2.24) is 4.90 Å². The predicted molar refractivity (Wildman–Crippen MR) is 76.2 cm³/mol. The highest BCUT2D eigenvalue weighted by molar-refractivity contribution is 5.97. The highest BCUT2D eigenvalue weighted by atomic mass is 19.1. The smallest absolute Gasteiger partial charge is 0.229 e. The average Bonchev–Trinajstić information content (AvgIpc) is 2.84. The first-order chi connectivity index (χ1) is 10.0. The van der Waals surface area contributed by atoms with Crippen LogP contribution in [0.1, 0.15) is 13.3 Å². The molecule has 2 atom stereocenters. The summed E-state index contributed by atoms with van der Waals surface area (Å²) in [5.74, 6) is -1.01. The highest BCUT2D eigenvalue weighted by Gasteiger charge is 2.36. The number of nitrogens with zero attached hydrogens (tertiary/aromatic N) is 1. The van der Waals surface area contributed by atoms with Crippen LogP contribution in [0.5, 0.6) is 0 Å². The Morgan fingerprint density at radius 1 is 1.48 bits per heavy atom. The minimum Gasteiger partial charge on any atom is -0.383 e. The number of rotatable bonds is 5. The first-order valence-corrected chi connectivity index (χ1v) is 6.86. The zero-order valence-electron chi connectivity index (χ0n) is 12.1. The lowest BCUT2D eigenvalue weighted by Crippen LogP contribution is -2.38. The van der Waals surface area contributed by atoms with E-state index >= 15 is 0 Å². The molecular weight excluding hydrogens is 275 g/mol. The molecule has 5 nitrogen and oxygen atoms in total. The van der Waals surface area contributed by atoms with Crippen LogP contribution in [0, 0.1) is 11.7 Å². The first-order valence-electron chi connectivity index (χ1n) is 6.86. The molecule has 1 N–H and O–H groups in total. The normalized spacial score (nSPS) is 19.7. The number of anilines is 1. The van der Waals surface area contributed by atoms with Crippen LogP contribution in [-0.2, 0) is 14.3 Å². The summed E-state index contributed by atoms with van der Waals surface area (Å²) in [6, 6.07) is 5.50. The second-order valence-electron chi connectivity index (χ2n) is 5.25. The lowest BCUT2D eigenvalue weighted by Gasteiger charge is -2.23. The highest BCUT2D eigenvalue weighted by Crippen LogP contribution is 2.22. The van der Waals surface area contributed by atoms with Gasteiger partial charge in [-0.15, -0.1) is 0 Å². The third kappa shape index (κ3) is 3.78. The number of methoxy groups -OCH3 is 1. The number of carbonyl (C=O) groups excluding carboxylic acids is 2. The van der Waals surface area contributed by atoms with Gasteiger partial charge in [-0.25, -0.2) is 4.39 Å². The summed E-state index contributed by atoms with van der Waals surface area (Å²) >= 11 is 0. The lowest BCUT2D eigenvalue weighted by atomic mass is 10.1. The van der Waals surface area contributed by atoms with Crippen LogP contribution < -0.4 is 5.32 Å². The van der Waals surface area contributed by atoms with Gasteiger partial charge in [-0.2, -0.15) is 0 Å². The average molecular weight is 294 g/mol. The third-order valence-electron chi connectivity index (χ3n) is 3.58. The summed E-state index contributed by atoms with van der Waals surface area (Å²) in [4.78, 5) is 25.8. The zero-order chi connectivity index (χ0) is 15.4. The summed E-state index contributed by atoms with van der Waals surface area (Å²) < 4.78 is 17.9. The van der Waals surface area contributed by atoms with Gasteiger partial charge in [0.05, 0.1) is 18.6 Å². The van der Waals surface area contributed by atoms with E-state index in [9.17, 15) is 14.0 Å². The second kappa shape index (κ2) is 6.67. The monoisotopic (exact) mass is 294 g/mol. The maximum absolute atomic E-state index is 12.8. The van der Waals surface area contributed by atoms with Gasteiger partial charge in [0.2, 0.25) is 11.8 Å². The summed E-state index contributed by atoms with van der Waals surface area (Å²) in [7, 11) is 1.58. The van der Waals surface area contributed by atoms with E-state index in [1.165, 1.54) is 24.3 Å². The van der Waals surface area contributed by atoms with Crippen molar-refractivity contribution in [2.24, 2.45) is 5.92 Å². The molecule has 1 aliphatic rings. The minimum atomic E-state index is -0.387. The fraction of sp³-hybridized carbons (Fsp3) is 0.467. The Kier molecular flexibility index (Phi) is 4.90. The molecule has 2 rings (SSSR count). The van der Waals surface area contributed by atoms with Crippen LogP contribution in [0.25, 0.3) is 0 Å². The molecule has 1 saturated heterocycles. The van der Waals surface area contributed by atoms with Gasteiger partial charge in [0.15, 0.2) is 0 Å². The molecule has 114 valence electrons. The number of amides is 2. The van der Waals surface area contributed by atoms with Gasteiger partial charge < -0.3 is 15.0 Å². The lowest BCUT2D eigenvalue weighted by molar-refractivity contribution is -0.130. The maximum Gasteiger partial charge on any atom is 0.229 e. The number of ether oxygens (including phenoxy) is 1. The van der Waals surface area contributed by atoms with Gasteiger partial charge >= 0.3 is 0 Å². The van der Waals surface area contributed by atoms with Gasteiger partial charge in [0.1, 0.15) is 5.82 Å². The van der Waals surface area contributed by atoms with Crippen molar-refractivity contribution in [2.75, 3.05) is 25.6 Å². The number of hydrogen-bond acceptors (Lipinski definition) is 3. The van der Waals surface area contributed by atoms with Crippen LogP contribution in [-0.4, -0.2) is 43.0 Å². The molecule has 21 heavy (non-hydrogen) atoms.